The van der Waals surface area contributed by atoms with Crippen LogP contribution in [-0.2, 0) is 4.74 Å². The van der Waals surface area contributed by atoms with Gasteiger partial charge in [-0.25, -0.2) is 13.8 Å². The van der Waals surface area contributed by atoms with Crippen LogP contribution in [0.2, 0.25) is 5.15 Å². The summed E-state index contributed by atoms with van der Waals surface area (Å²) >= 11 is 8.91. The van der Waals surface area contributed by atoms with E-state index < -0.39 is 18.9 Å². The van der Waals surface area contributed by atoms with E-state index in [9.17, 15) is 13.6 Å². The number of amides is 1. The van der Waals surface area contributed by atoms with Crippen molar-refractivity contribution < 1.29 is 18.3 Å². The average molecular weight is 344 g/mol. The zero-order chi connectivity index (χ0) is 13.5. The summed E-state index contributed by atoms with van der Waals surface area (Å²) in [6.07, 6.45) is -1.05. The van der Waals surface area contributed by atoms with E-state index in [1.165, 1.54) is 12.3 Å². The predicted octanol–water partition coefficient (Wildman–Crippen LogP) is 2.51. The highest BCUT2D eigenvalue weighted by Crippen LogP contribution is 2.17. The molecule has 0 aromatic carbocycles. The molecule has 0 fully saturated rings. The minimum Gasteiger partial charge on any atom is -0.374 e. The Morgan fingerprint density at radius 1 is 1.61 bits per heavy atom. The van der Waals surface area contributed by atoms with Crippen LogP contribution in [0.15, 0.2) is 16.7 Å². The molecule has 0 saturated heterocycles. The summed E-state index contributed by atoms with van der Waals surface area (Å²) in [6, 6.07) is 1.52. The monoisotopic (exact) mass is 342 g/mol. The maximum Gasteiger partial charge on any atom is 0.261 e. The Labute approximate surface area is 116 Å². The molecule has 0 spiro atoms. The molecule has 18 heavy (non-hydrogen) atoms. The van der Waals surface area contributed by atoms with Gasteiger partial charge in [0.25, 0.3) is 12.3 Å². The molecule has 1 amide bonds. The summed E-state index contributed by atoms with van der Waals surface area (Å²) in [5.74, 6) is -0.436. The van der Waals surface area contributed by atoms with Crippen LogP contribution in [0.4, 0.5) is 8.78 Å². The first-order valence-corrected chi connectivity index (χ1v) is 6.13. The van der Waals surface area contributed by atoms with Crippen LogP contribution >= 0.6 is 27.5 Å². The van der Waals surface area contributed by atoms with Crippen molar-refractivity contribution >= 4 is 33.4 Å². The first kappa shape index (κ1) is 15.3. The third-order valence-corrected chi connectivity index (χ3v) is 2.56. The van der Waals surface area contributed by atoms with Crippen molar-refractivity contribution in [3.8, 4) is 0 Å². The minimum absolute atomic E-state index is 0.00906. The van der Waals surface area contributed by atoms with E-state index in [0.717, 1.165) is 0 Å². The van der Waals surface area contributed by atoms with E-state index in [0.29, 0.717) is 4.47 Å². The van der Waals surface area contributed by atoms with Gasteiger partial charge in [0.15, 0.2) is 0 Å². The van der Waals surface area contributed by atoms with Gasteiger partial charge in [-0.1, -0.05) is 11.6 Å². The van der Waals surface area contributed by atoms with Gasteiger partial charge in [0.1, 0.15) is 11.8 Å². The number of aromatic nitrogens is 1. The molecule has 0 unspecified atom stereocenters. The van der Waals surface area contributed by atoms with Crippen LogP contribution in [0.3, 0.4) is 0 Å². The predicted molar refractivity (Wildman–Crippen MR) is 66.1 cm³/mol. The first-order chi connectivity index (χ1) is 8.50. The lowest BCUT2D eigenvalue weighted by Crippen LogP contribution is -2.28. The number of pyridine rings is 1. The zero-order valence-corrected chi connectivity index (χ0v) is 11.5. The molecule has 100 valence electrons. The van der Waals surface area contributed by atoms with Crippen molar-refractivity contribution in [3.63, 3.8) is 0 Å². The first-order valence-electron chi connectivity index (χ1n) is 4.96. The summed E-state index contributed by atoms with van der Waals surface area (Å²) in [5.41, 5.74) is 0.208. The fraction of sp³-hybridized carbons (Fsp3) is 0.400. The van der Waals surface area contributed by atoms with E-state index in [4.69, 9.17) is 11.6 Å². The number of ether oxygens (including phenoxy) is 1. The molecular formula is C10H10BrClF2N2O2. The van der Waals surface area contributed by atoms with Gasteiger partial charge >= 0.3 is 0 Å². The second-order valence-electron chi connectivity index (χ2n) is 3.21. The van der Waals surface area contributed by atoms with Crippen LogP contribution in [0, 0.1) is 0 Å². The molecule has 1 aromatic rings. The smallest absolute Gasteiger partial charge is 0.261 e. The summed E-state index contributed by atoms with van der Waals surface area (Å²) in [4.78, 5) is 15.4. The second-order valence-corrected chi connectivity index (χ2v) is 4.49. The van der Waals surface area contributed by atoms with Gasteiger partial charge in [0, 0.05) is 17.2 Å². The van der Waals surface area contributed by atoms with E-state index >= 15 is 0 Å². The summed E-state index contributed by atoms with van der Waals surface area (Å²) in [7, 11) is 0. The Hall–Kier alpha value is -0.790. The van der Waals surface area contributed by atoms with Crippen molar-refractivity contribution in [1.29, 1.82) is 0 Å². The highest BCUT2D eigenvalue weighted by atomic mass is 79.9. The minimum atomic E-state index is -2.51. The van der Waals surface area contributed by atoms with E-state index in [1.54, 1.807) is 0 Å². The van der Waals surface area contributed by atoms with E-state index in [1.807, 2.05) is 0 Å². The van der Waals surface area contributed by atoms with Crippen molar-refractivity contribution in [2.24, 2.45) is 0 Å². The number of rotatable bonds is 6. The molecule has 0 atom stereocenters. The Balaban J connectivity index is 2.39. The molecule has 0 aliphatic carbocycles. The van der Waals surface area contributed by atoms with E-state index in [2.05, 4.69) is 31.0 Å². The lowest BCUT2D eigenvalue weighted by Gasteiger charge is -2.07. The lowest BCUT2D eigenvalue weighted by molar-refractivity contribution is 0.0188. The average Bonchev–Trinajstić information content (AvgIpc) is 2.31. The van der Waals surface area contributed by atoms with Gasteiger partial charge in [-0.2, -0.15) is 0 Å². The van der Waals surface area contributed by atoms with Crippen molar-refractivity contribution in [2.75, 3.05) is 19.8 Å². The molecule has 0 aliphatic rings. The van der Waals surface area contributed by atoms with Crippen LogP contribution < -0.4 is 5.32 Å². The topological polar surface area (TPSA) is 51.2 Å². The third kappa shape index (κ3) is 5.24. The van der Waals surface area contributed by atoms with Gasteiger partial charge < -0.3 is 10.1 Å². The fourth-order valence-corrected chi connectivity index (χ4v) is 1.61. The summed E-state index contributed by atoms with van der Waals surface area (Å²) in [6.45, 7) is -0.515. The van der Waals surface area contributed by atoms with Gasteiger partial charge in [0.05, 0.1) is 12.2 Å². The van der Waals surface area contributed by atoms with Gasteiger partial charge in [-0.3, -0.25) is 4.79 Å². The lowest BCUT2D eigenvalue weighted by atomic mass is 10.2. The number of hydrogen-bond donors (Lipinski definition) is 1. The maximum absolute atomic E-state index is 11.7. The second kappa shape index (κ2) is 7.60. The number of carbonyl (C=O) groups excluding carboxylic acids is 1. The summed E-state index contributed by atoms with van der Waals surface area (Å²) < 4.78 is 28.7. The van der Waals surface area contributed by atoms with Crippen molar-refractivity contribution in [2.45, 2.75) is 6.43 Å². The molecule has 8 heteroatoms. The molecule has 1 aromatic heterocycles. The number of nitrogens with zero attached hydrogens (tertiary/aromatic N) is 1. The van der Waals surface area contributed by atoms with Crippen LogP contribution in [0.1, 0.15) is 10.4 Å². The molecule has 1 heterocycles. The Morgan fingerprint density at radius 3 is 3.00 bits per heavy atom. The zero-order valence-electron chi connectivity index (χ0n) is 9.13. The fourth-order valence-electron chi connectivity index (χ4n) is 1.09. The van der Waals surface area contributed by atoms with Gasteiger partial charge in [-0.15, -0.1) is 0 Å². The Morgan fingerprint density at radius 2 is 2.33 bits per heavy atom. The molecule has 1 N–H and O–H groups in total. The maximum atomic E-state index is 11.7. The number of carbonyl (C=O) groups is 1. The number of alkyl halides is 2. The standard InChI is InChI=1S/C10H10BrClF2N2O2/c11-6-3-7(9(12)16-4-6)10(17)15-1-2-18-5-8(13)14/h3-4,8H,1-2,5H2,(H,15,17). The normalized spacial score (nSPS) is 10.7. The number of hydrogen-bond acceptors (Lipinski definition) is 3. The molecule has 1 rings (SSSR count). The highest BCUT2D eigenvalue weighted by Gasteiger charge is 2.11. The largest absolute Gasteiger partial charge is 0.374 e. The van der Waals surface area contributed by atoms with Gasteiger partial charge in [0.2, 0.25) is 0 Å². The van der Waals surface area contributed by atoms with Gasteiger partial charge in [-0.05, 0) is 22.0 Å². The quantitative estimate of drug-likeness (QED) is 0.638. The highest BCUT2D eigenvalue weighted by molar-refractivity contribution is 9.10. The Bertz CT molecular complexity index is 421. The number of nitrogens with one attached hydrogen (secondary N) is 1. The molecule has 0 saturated carbocycles. The van der Waals surface area contributed by atoms with Crippen molar-refractivity contribution in [3.05, 3.63) is 27.5 Å². The van der Waals surface area contributed by atoms with Crippen LogP contribution in [0.25, 0.3) is 0 Å². The third-order valence-electron chi connectivity index (χ3n) is 1.83. The van der Waals surface area contributed by atoms with Crippen LogP contribution in [-0.4, -0.2) is 37.1 Å². The molecule has 0 aliphatic heterocycles. The molecule has 0 radical (unpaired) electrons. The number of halogens is 4. The Kier molecular flexibility index (Phi) is 6.45. The SMILES string of the molecule is O=C(NCCOCC(F)F)c1cc(Br)cnc1Cl. The van der Waals surface area contributed by atoms with Crippen molar-refractivity contribution in [1.82, 2.24) is 10.3 Å². The molecule has 4 nitrogen and oxygen atoms in total. The molecular weight excluding hydrogens is 333 g/mol. The van der Waals surface area contributed by atoms with E-state index in [-0.39, 0.29) is 23.9 Å². The summed E-state index contributed by atoms with van der Waals surface area (Å²) in [5, 5.41) is 2.56. The molecule has 0 bridgehead atoms. The van der Waals surface area contributed by atoms with Crippen LogP contribution in [0.5, 0.6) is 0 Å².